The summed E-state index contributed by atoms with van der Waals surface area (Å²) in [6.45, 7) is 0. The molecule has 0 aliphatic rings. The highest BCUT2D eigenvalue weighted by Gasteiger charge is 2.10. The van der Waals surface area contributed by atoms with E-state index in [9.17, 15) is 13.6 Å². The van der Waals surface area contributed by atoms with E-state index in [0.717, 1.165) is 12.1 Å². The number of nitrogens with two attached hydrogens (primary N) is 1. The van der Waals surface area contributed by atoms with E-state index >= 15 is 0 Å². The second-order valence-corrected chi connectivity index (χ2v) is 5.04. The molecule has 0 bridgehead atoms. The number of benzene rings is 2. The minimum Gasteiger partial charge on any atom is -0.465 e. The summed E-state index contributed by atoms with van der Waals surface area (Å²) in [7, 11) is 1.28. The number of carbonyl (C=O) groups excluding carboxylic acids is 1. The molecule has 0 aromatic heterocycles. The van der Waals surface area contributed by atoms with E-state index in [1.807, 2.05) is 0 Å². The molecule has 0 aliphatic heterocycles. The molecule has 0 heterocycles. The molecule has 0 unspecified atom stereocenters. The summed E-state index contributed by atoms with van der Waals surface area (Å²) in [5.41, 5.74) is 6.53. The number of methoxy groups -OCH3 is 1. The molecule has 0 saturated carbocycles. The van der Waals surface area contributed by atoms with Crippen molar-refractivity contribution < 1.29 is 18.3 Å². The number of ether oxygens (including phenoxy) is 1. The van der Waals surface area contributed by atoms with Crippen molar-refractivity contribution in [2.45, 2.75) is 9.79 Å². The van der Waals surface area contributed by atoms with Gasteiger partial charge in [-0.2, -0.15) is 0 Å². The van der Waals surface area contributed by atoms with Gasteiger partial charge in [-0.25, -0.2) is 13.6 Å². The van der Waals surface area contributed by atoms with Crippen molar-refractivity contribution in [3.63, 3.8) is 0 Å². The molecule has 0 saturated heterocycles. The molecule has 2 N–H and O–H groups in total. The first kappa shape index (κ1) is 14.3. The van der Waals surface area contributed by atoms with E-state index in [1.54, 1.807) is 12.1 Å². The van der Waals surface area contributed by atoms with E-state index in [-0.39, 0.29) is 0 Å². The lowest BCUT2D eigenvalue weighted by Crippen LogP contribution is -2.02. The van der Waals surface area contributed by atoms with Crippen molar-refractivity contribution in [2.24, 2.45) is 0 Å². The highest BCUT2D eigenvalue weighted by Crippen LogP contribution is 2.33. The molecule has 0 fully saturated rings. The summed E-state index contributed by atoms with van der Waals surface area (Å²) >= 11 is 1.18. The Hall–Kier alpha value is -2.08. The highest BCUT2D eigenvalue weighted by atomic mass is 32.2. The van der Waals surface area contributed by atoms with Gasteiger partial charge in [-0.3, -0.25) is 0 Å². The van der Waals surface area contributed by atoms with Crippen molar-refractivity contribution >= 4 is 23.4 Å². The first-order valence-electron chi connectivity index (χ1n) is 5.62. The largest absolute Gasteiger partial charge is 0.465 e. The predicted octanol–water partition coefficient (Wildman–Crippen LogP) is 3.48. The number of nitrogen functional groups attached to an aromatic ring is 1. The quantitative estimate of drug-likeness (QED) is 0.695. The van der Waals surface area contributed by atoms with E-state index in [1.165, 1.54) is 31.0 Å². The Morgan fingerprint density at radius 3 is 2.50 bits per heavy atom. The van der Waals surface area contributed by atoms with E-state index in [4.69, 9.17) is 5.73 Å². The maximum atomic E-state index is 13.1. The zero-order valence-corrected chi connectivity index (χ0v) is 11.3. The molecular weight excluding hydrogens is 284 g/mol. The molecule has 104 valence electrons. The smallest absolute Gasteiger partial charge is 0.337 e. The molecule has 3 nitrogen and oxygen atoms in total. The van der Waals surface area contributed by atoms with Gasteiger partial charge in [-0.05, 0) is 36.4 Å². The van der Waals surface area contributed by atoms with Gasteiger partial charge in [0.25, 0.3) is 0 Å². The van der Waals surface area contributed by atoms with Gasteiger partial charge in [0.15, 0.2) is 11.6 Å². The lowest BCUT2D eigenvalue weighted by Gasteiger charge is -2.07. The van der Waals surface area contributed by atoms with Crippen LogP contribution in [0.5, 0.6) is 0 Å². The number of anilines is 1. The van der Waals surface area contributed by atoms with Crippen LogP contribution in [0.2, 0.25) is 0 Å². The van der Waals surface area contributed by atoms with E-state index in [0.29, 0.717) is 21.0 Å². The number of halogens is 2. The van der Waals surface area contributed by atoms with Gasteiger partial charge in [0.2, 0.25) is 0 Å². The third-order valence-electron chi connectivity index (χ3n) is 2.55. The molecule has 0 atom stereocenters. The van der Waals surface area contributed by atoms with Crippen molar-refractivity contribution in [2.75, 3.05) is 12.8 Å². The Morgan fingerprint density at radius 2 is 1.90 bits per heavy atom. The molecule has 20 heavy (non-hydrogen) atoms. The Morgan fingerprint density at radius 1 is 1.15 bits per heavy atom. The number of carbonyl (C=O) groups is 1. The monoisotopic (exact) mass is 295 g/mol. The summed E-state index contributed by atoms with van der Waals surface area (Å²) in [6, 6.07) is 8.27. The summed E-state index contributed by atoms with van der Waals surface area (Å²) in [5.74, 6) is -2.30. The SMILES string of the molecule is COC(=O)c1ccc(Sc2ccc(F)c(F)c2)c(N)c1. The fourth-order valence-corrected chi connectivity index (χ4v) is 2.42. The minimum atomic E-state index is -0.917. The van der Waals surface area contributed by atoms with Gasteiger partial charge in [0.05, 0.1) is 12.7 Å². The second-order valence-electron chi connectivity index (χ2n) is 3.92. The van der Waals surface area contributed by atoms with Crippen LogP contribution in [-0.2, 0) is 4.74 Å². The summed E-state index contributed by atoms with van der Waals surface area (Å²) in [4.78, 5) is 12.5. The van der Waals surface area contributed by atoms with Gasteiger partial charge >= 0.3 is 5.97 Å². The molecule has 2 aromatic carbocycles. The zero-order chi connectivity index (χ0) is 14.7. The van der Waals surface area contributed by atoms with Crippen LogP contribution >= 0.6 is 11.8 Å². The van der Waals surface area contributed by atoms with Crippen LogP contribution in [0.4, 0.5) is 14.5 Å². The Balaban J connectivity index is 2.25. The average Bonchev–Trinajstić information content (AvgIpc) is 2.44. The van der Waals surface area contributed by atoms with Crippen molar-refractivity contribution in [1.82, 2.24) is 0 Å². The standard InChI is InChI=1S/C14H11F2NO2S/c1-19-14(18)8-2-5-13(12(17)6-8)20-9-3-4-10(15)11(16)7-9/h2-7H,17H2,1H3. The van der Waals surface area contributed by atoms with Crippen LogP contribution in [0.3, 0.4) is 0 Å². The third-order valence-corrected chi connectivity index (χ3v) is 3.63. The maximum Gasteiger partial charge on any atom is 0.337 e. The van der Waals surface area contributed by atoms with Crippen LogP contribution in [-0.4, -0.2) is 13.1 Å². The zero-order valence-electron chi connectivity index (χ0n) is 10.5. The van der Waals surface area contributed by atoms with Crippen LogP contribution < -0.4 is 5.73 Å². The summed E-state index contributed by atoms with van der Waals surface area (Å²) < 4.78 is 30.5. The van der Waals surface area contributed by atoms with Gasteiger partial charge in [0, 0.05) is 15.5 Å². The number of hydrogen-bond donors (Lipinski definition) is 1. The molecule has 6 heteroatoms. The van der Waals surface area contributed by atoms with Crippen LogP contribution in [0.25, 0.3) is 0 Å². The van der Waals surface area contributed by atoms with Gasteiger partial charge in [-0.1, -0.05) is 11.8 Å². The second kappa shape index (κ2) is 5.92. The lowest BCUT2D eigenvalue weighted by atomic mass is 10.2. The average molecular weight is 295 g/mol. The third kappa shape index (κ3) is 3.08. The van der Waals surface area contributed by atoms with Gasteiger partial charge in [0.1, 0.15) is 0 Å². The van der Waals surface area contributed by atoms with E-state index < -0.39 is 17.6 Å². The molecule has 0 spiro atoms. The van der Waals surface area contributed by atoms with Crippen molar-refractivity contribution in [1.29, 1.82) is 0 Å². The number of rotatable bonds is 3. The fraction of sp³-hybridized carbons (Fsp3) is 0.0714. The highest BCUT2D eigenvalue weighted by molar-refractivity contribution is 7.99. The molecule has 2 aromatic rings. The fourth-order valence-electron chi connectivity index (χ4n) is 1.55. The minimum absolute atomic E-state index is 0.333. The Kier molecular flexibility index (Phi) is 4.24. The summed E-state index contributed by atoms with van der Waals surface area (Å²) in [6.07, 6.45) is 0. The molecular formula is C14H11F2NO2S. The van der Waals surface area contributed by atoms with Crippen molar-refractivity contribution in [3.8, 4) is 0 Å². The topological polar surface area (TPSA) is 52.3 Å². The Labute approximate surface area is 118 Å². The lowest BCUT2D eigenvalue weighted by molar-refractivity contribution is 0.0600. The Bertz CT molecular complexity index is 662. The van der Waals surface area contributed by atoms with Gasteiger partial charge < -0.3 is 10.5 Å². The predicted molar refractivity (Wildman–Crippen MR) is 72.7 cm³/mol. The first-order valence-corrected chi connectivity index (χ1v) is 6.43. The molecule has 0 amide bonds. The van der Waals surface area contributed by atoms with Gasteiger partial charge in [-0.15, -0.1) is 0 Å². The maximum absolute atomic E-state index is 13.1. The normalized spacial score (nSPS) is 10.3. The molecule has 0 radical (unpaired) electrons. The number of esters is 1. The molecule has 0 aliphatic carbocycles. The van der Waals surface area contributed by atoms with Crippen molar-refractivity contribution in [3.05, 3.63) is 53.6 Å². The van der Waals surface area contributed by atoms with Crippen LogP contribution in [0.15, 0.2) is 46.2 Å². The number of hydrogen-bond acceptors (Lipinski definition) is 4. The summed E-state index contributed by atoms with van der Waals surface area (Å²) in [5, 5.41) is 0. The first-order chi connectivity index (χ1) is 9.51. The van der Waals surface area contributed by atoms with Crippen LogP contribution in [0.1, 0.15) is 10.4 Å². The molecule has 2 rings (SSSR count). The van der Waals surface area contributed by atoms with Crippen LogP contribution in [0, 0.1) is 11.6 Å². The van der Waals surface area contributed by atoms with E-state index in [2.05, 4.69) is 4.74 Å².